The molecule has 3 aliphatic rings. The summed E-state index contributed by atoms with van der Waals surface area (Å²) in [4.78, 5) is 0. The van der Waals surface area contributed by atoms with Crippen LogP contribution in [0.15, 0.2) is 0 Å². The molecule has 2 heterocycles. The molecule has 0 aromatic rings. The molecule has 4 nitrogen and oxygen atoms in total. The van der Waals surface area contributed by atoms with E-state index in [-0.39, 0.29) is 24.4 Å². The number of hydrogen-bond donors (Lipinski definition) is 1. The van der Waals surface area contributed by atoms with E-state index < -0.39 is 11.8 Å². The zero-order valence-corrected chi connectivity index (χ0v) is 8.10. The molecule has 1 N–H and O–H groups in total. The summed E-state index contributed by atoms with van der Waals surface area (Å²) in [5, 5.41) is 10.1. The maximum Gasteiger partial charge on any atom is 0.179 e. The second-order valence-corrected chi connectivity index (χ2v) is 4.39. The largest absolute Gasteiger partial charge is 0.378 e. The minimum Gasteiger partial charge on any atom is -0.378 e. The molecule has 3 unspecified atom stereocenters. The van der Waals surface area contributed by atoms with Gasteiger partial charge in [-0.25, -0.2) is 0 Å². The van der Waals surface area contributed by atoms with Crippen molar-refractivity contribution in [3.63, 3.8) is 0 Å². The summed E-state index contributed by atoms with van der Waals surface area (Å²) in [7, 11) is 5.81. The summed E-state index contributed by atoms with van der Waals surface area (Å²) >= 11 is 0. The molecule has 76 valence electrons. The lowest BCUT2D eigenvalue weighted by Crippen LogP contribution is -2.70. The van der Waals surface area contributed by atoms with Crippen LogP contribution in [0.3, 0.4) is 0 Å². The number of aliphatic hydroxyl groups is 1. The standard InChI is InChI=1S/C9H13BO4/c1-2-8-3-9(11)6(8)5(7(10)14-8)12-4-13-9/h5-7,11H,2-4H2,1H3/t5?,6?,7-,8+,9?/m1/s1. The van der Waals surface area contributed by atoms with Gasteiger partial charge in [-0.2, -0.15) is 0 Å². The second kappa shape index (κ2) is 2.53. The van der Waals surface area contributed by atoms with Gasteiger partial charge >= 0.3 is 0 Å². The van der Waals surface area contributed by atoms with E-state index in [4.69, 9.17) is 22.1 Å². The fourth-order valence-electron chi connectivity index (χ4n) is 3.10. The van der Waals surface area contributed by atoms with Gasteiger partial charge in [-0.1, -0.05) is 6.92 Å². The molecule has 1 saturated carbocycles. The highest BCUT2D eigenvalue weighted by Gasteiger charge is 2.73. The minimum absolute atomic E-state index is 0.106. The fraction of sp³-hybridized carbons (Fsp3) is 1.00. The third kappa shape index (κ3) is 0.846. The van der Waals surface area contributed by atoms with E-state index in [0.717, 1.165) is 6.42 Å². The topological polar surface area (TPSA) is 47.9 Å². The van der Waals surface area contributed by atoms with Gasteiger partial charge in [0, 0.05) is 12.4 Å². The van der Waals surface area contributed by atoms with Crippen molar-refractivity contribution in [2.45, 2.75) is 43.3 Å². The highest BCUT2D eigenvalue weighted by atomic mass is 16.8. The van der Waals surface area contributed by atoms with Crippen molar-refractivity contribution in [1.29, 1.82) is 0 Å². The number of hydrogen-bond acceptors (Lipinski definition) is 4. The molecule has 0 aromatic carbocycles. The molecule has 2 aliphatic heterocycles. The fourth-order valence-corrected chi connectivity index (χ4v) is 3.10. The summed E-state index contributed by atoms with van der Waals surface area (Å²) in [5.74, 6) is -1.18. The van der Waals surface area contributed by atoms with Crippen molar-refractivity contribution < 1.29 is 19.3 Å². The molecular formula is C9H13BO4. The predicted octanol–water partition coefficient (Wildman–Crippen LogP) is -0.259. The van der Waals surface area contributed by atoms with Crippen molar-refractivity contribution in [2.24, 2.45) is 5.92 Å². The number of rotatable bonds is 1. The lowest BCUT2D eigenvalue weighted by atomic mass is 9.60. The van der Waals surface area contributed by atoms with E-state index in [0.29, 0.717) is 6.42 Å². The molecule has 0 aromatic heterocycles. The van der Waals surface area contributed by atoms with Gasteiger partial charge in [0.1, 0.15) is 7.85 Å². The van der Waals surface area contributed by atoms with Crippen LogP contribution < -0.4 is 0 Å². The Labute approximate surface area is 83.9 Å². The molecule has 3 rings (SSSR count). The molecule has 0 amide bonds. The molecule has 2 saturated heterocycles. The Kier molecular flexibility index (Phi) is 1.65. The zero-order chi connectivity index (χ0) is 9.97. The summed E-state index contributed by atoms with van der Waals surface area (Å²) in [6.45, 7) is 2.14. The summed E-state index contributed by atoms with van der Waals surface area (Å²) in [6, 6.07) is -0.433. The van der Waals surface area contributed by atoms with Crippen LogP contribution in [0.4, 0.5) is 0 Å². The van der Waals surface area contributed by atoms with Crippen LogP contribution in [0.25, 0.3) is 0 Å². The average molecular weight is 196 g/mol. The van der Waals surface area contributed by atoms with Crippen LogP contribution in [0.5, 0.6) is 0 Å². The van der Waals surface area contributed by atoms with Gasteiger partial charge in [-0.15, -0.1) is 0 Å². The summed E-state index contributed by atoms with van der Waals surface area (Å²) in [5.41, 5.74) is -0.320. The molecule has 0 spiro atoms. The lowest BCUT2D eigenvalue weighted by Gasteiger charge is -2.57. The lowest BCUT2D eigenvalue weighted by molar-refractivity contribution is -0.400. The highest BCUT2D eigenvalue weighted by molar-refractivity contribution is 6.11. The molecule has 2 radical (unpaired) electrons. The van der Waals surface area contributed by atoms with Gasteiger partial charge in [0.15, 0.2) is 12.6 Å². The Bertz CT molecular complexity index is 274. The Morgan fingerprint density at radius 2 is 2.36 bits per heavy atom. The first kappa shape index (κ1) is 9.15. The average Bonchev–Trinajstić information content (AvgIpc) is 2.39. The van der Waals surface area contributed by atoms with Crippen molar-refractivity contribution in [2.75, 3.05) is 6.79 Å². The first-order valence-corrected chi connectivity index (χ1v) is 5.03. The van der Waals surface area contributed by atoms with Gasteiger partial charge in [0.2, 0.25) is 0 Å². The van der Waals surface area contributed by atoms with Gasteiger partial charge in [0.25, 0.3) is 0 Å². The molecular weight excluding hydrogens is 183 g/mol. The van der Waals surface area contributed by atoms with E-state index in [1.807, 2.05) is 6.92 Å². The normalized spacial score (nSPS) is 60.6. The van der Waals surface area contributed by atoms with Crippen molar-refractivity contribution in [3.8, 4) is 0 Å². The van der Waals surface area contributed by atoms with Crippen LogP contribution in [-0.2, 0) is 14.2 Å². The van der Waals surface area contributed by atoms with Crippen molar-refractivity contribution in [1.82, 2.24) is 0 Å². The molecule has 0 bridgehead atoms. The van der Waals surface area contributed by atoms with Crippen molar-refractivity contribution >= 4 is 7.85 Å². The maximum absolute atomic E-state index is 10.1. The Morgan fingerprint density at radius 1 is 1.57 bits per heavy atom. The smallest absolute Gasteiger partial charge is 0.179 e. The summed E-state index contributed by atoms with van der Waals surface area (Å²) < 4.78 is 16.3. The van der Waals surface area contributed by atoms with E-state index in [2.05, 4.69) is 0 Å². The van der Waals surface area contributed by atoms with Crippen LogP contribution in [0.1, 0.15) is 19.8 Å². The summed E-state index contributed by atoms with van der Waals surface area (Å²) in [6.07, 6.45) is 1.12. The Hall–Kier alpha value is -0.0951. The maximum atomic E-state index is 10.1. The molecule has 14 heavy (non-hydrogen) atoms. The quantitative estimate of drug-likeness (QED) is 0.587. The molecule has 5 atom stereocenters. The SMILES string of the molecule is [B][C@@H]1O[C@@]2(CC)CC3(O)OCOC1C32. The van der Waals surface area contributed by atoms with E-state index in [9.17, 15) is 5.11 Å². The van der Waals surface area contributed by atoms with Crippen LogP contribution in [0.2, 0.25) is 0 Å². The minimum atomic E-state index is -1.06. The Morgan fingerprint density at radius 3 is 3.07 bits per heavy atom. The van der Waals surface area contributed by atoms with Gasteiger partial charge in [-0.05, 0) is 6.42 Å². The first-order valence-electron chi connectivity index (χ1n) is 5.03. The third-order valence-corrected chi connectivity index (χ3v) is 3.80. The van der Waals surface area contributed by atoms with Gasteiger partial charge in [0.05, 0.1) is 17.6 Å². The monoisotopic (exact) mass is 196 g/mol. The van der Waals surface area contributed by atoms with Crippen LogP contribution in [-0.4, -0.2) is 43.2 Å². The zero-order valence-electron chi connectivity index (χ0n) is 8.10. The number of ether oxygens (including phenoxy) is 3. The molecule has 3 fully saturated rings. The Balaban J connectivity index is 1.96. The van der Waals surface area contributed by atoms with Crippen LogP contribution >= 0.6 is 0 Å². The van der Waals surface area contributed by atoms with E-state index in [1.54, 1.807) is 0 Å². The second-order valence-electron chi connectivity index (χ2n) is 4.39. The van der Waals surface area contributed by atoms with Crippen molar-refractivity contribution in [3.05, 3.63) is 0 Å². The van der Waals surface area contributed by atoms with Gasteiger partial charge in [-0.3, -0.25) is 0 Å². The third-order valence-electron chi connectivity index (χ3n) is 3.80. The molecule has 1 aliphatic carbocycles. The predicted molar refractivity (Wildman–Crippen MR) is 47.5 cm³/mol. The highest BCUT2D eigenvalue weighted by Crippen LogP contribution is 2.60. The van der Waals surface area contributed by atoms with Gasteiger partial charge < -0.3 is 19.3 Å². The first-order chi connectivity index (χ1) is 6.61. The van der Waals surface area contributed by atoms with E-state index >= 15 is 0 Å². The van der Waals surface area contributed by atoms with E-state index in [1.165, 1.54) is 0 Å². The van der Waals surface area contributed by atoms with Crippen LogP contribution in [0, 0.1) is 5.92 Å². The molecule has 5 heteroatoms.